The van der Waals surface area contributed by atoms with Crippen molar-refractivity contribution in [2.75, 3.05) is 6.54 Å². The third kappa shape index (κ3) is 2.47. The molecule has 0 spiro atoms. The second kappa shape index (κ2) is 4.74. The van der Waals surface area contributed by atoms with Crippen LogP contribution in [0.3, 0.4) is 0 Å². The number of thiazole rings is 1. The minimum atomic E-state index is 0.346. The summed E-state index contributed by atoms with van der Waals surface area (Å²) in [6, 6.07) is 4.14. The van der Waals surface area contributed by atoms with Crippen LogP contribution in [0.2, 0.25) is 0 Å². The predicted octanol–water partition coefficient (Wildman–Crippen LogP) is 3.70. The van der Waals surface area contributed by atoms with E-state index in [9.17, 15) is 0 Å². The van der Waals surface area contributed by atoms with Gasteiger partial charge >= 0.3 is 0 Å². The van der Waals surface area contributed by atoms with Crippen LogP contribution in [-0.2, 0) is 0 Å². The molecule has 1 atom stereocenters. The number of nitrogens with two attached hydrogens (primary N) is 1. The number of aromatic nitrogens is 1. The van der Waals surface area contributed by atoms with Crippen molar-refractivity contribution in [3.63, 3.8) is 0 Å². The van der Waals surface area contributed by atoms with Crippen LogP contribution in [-0.4, -0.2) is 11.5 Å². The van der Waals surface area contributed by atoms with E-state index < -0.39 is 0 Å². The Morgan fingerprint density at radius 3 is 2.93 bits per heavy atom. The van der Waals surface area contributed by atoms with Crippen LogP contribution in [0.1, 0.15) is 18.5 Å². The van der Waals surface area contributed by atoms with Gasteiger partial charge in [0.25, 0.3) is 0 Å². The second-order valence-corrected chi connectivity index (χ2v) is 6.64. The summed E-state index contributed by atoms with van der Waals surface area (Å²) in [6.45, 7) is 2.75. The fourth-order valence-electron chi connectivity index (χ4n) is 1.18. The van der Waals surface area contributed by atoms with E-state index in [0.29, 0.717) is 12.5 Å². The van der Waals surface area contributed by atoms with Crippen molar-refractivity contribution in [2.45, 2.75) is 12.8 Å². The van der Waals surface area contributed by atoms with Gasteiger partial charge in [-0.1, -0.05) is 6.92 Å². The number of thiophene rings is 1. The molecule has 0 aliphatic carbocycles. The summed E-state index contributed by atoms with van der Waals surface area (Å²) in [7, 11) is 0. The predicted molar refractivity (Wildman–Crippen MR) is 70.6 cm³/mol. The van der Waals surface area contributed by atoms with Crippen molar-refractivity contribution in [1.29, 1.82) is 0 Å². The molecule has 2 aromatic rings. The summed E-state index contributed by atoms with van der Waals surface area (Å²) in [5, 5.41) is 3.18. The molecule has 2 aromatic heterocycles. The monoisotopic (exact) mass is 302 g/mol. The molecule has 0 bridgehead atoms. The molecule has 5 heteroatoms. The van der Waals surface area contributed by atoms with Gasteiger partial charge in [0.05, 0.1) is 14.4 Å². The molecule has 2 N–H and O–H groups in total. The molecule has 0 fully saturated rings. The van der Waals surface area contributed by atoms with E-state index in [1.54, 1.807) is 22.7 Å². The maximum absolute atomic E-state index is 5.62. The van der Waals surface area contributed by atoms with Crippen LogP contribution in [0.25, 0.3) is 9.88 Å². The zero-order valence-electron chi connectivity index (χ0n) is 8.24. The van der Waals surface area contributed by atoms with Gasteiger partial charge in [0.2, 0.25) is 0 Å². The Hall–Kier alpha value is -0.230. The molecule has 0 aliphatic heterocycles. The number of rotatable bonds is 3. The van der Waals surface area contributed by atoms with Gasteiger partial charge in [0.1, 0.15) is 5.01 Å². The molecule has 2 heterocycles. The normalized spacial score (nSPS) is 13.0. The van der Waals surface area contributed by atoms with Crippen molar-refractivity contribution >= 4 is 38.6 Å². The fraction of sp³-hybridized carbons (Fsp3) is 0.300. The highest BCUT2D eigenvalue weighted by Gasteiger charge is 2.10. The molecule has 1 unspecified atom stereocenters. The van der Waals surface area contributed by atoms with Gasteiger partial charge in [-0.2, -0.15) is 0 Å². The molecular weight excluding hydrogens is 292 g/mol. The lowest BCUT2D eigenvalue weighted by atomic mass is 10.1. The Morgan fingerprint density at radius 1 is 1.53 bits per heavy atom. The quantitative estimate of drug-likeness (QED) is 0.939. The van der Waals surface area contributed by atoms with Crippen LogP contribution < -0.4 is 5.73 Å². The van der Waals surface area contributed by atoms with Gasteiger partial charge in [0.15, 0.2) is 0 Å². The highest BCUT2D eigenvalue weighted by atomic mass is 79.9. The van der Waals surface area contributed by atoms with E-state index in [1.165, 1.54) is 4.88 Å². The van der Waals surface area contributed by atoms with Gasteiger partial charge < -0.3 is 5.73 Å². The standard InChI is InChI=1S/C10H11BrN2S2/c1-6(4-12)7-5-14-10(13-7)8-2-3-9(11)15-8/h2-3,5-6H,4,12H2,1H3. The molecule has 0 saturated carbocycles. The van der Waals surface area contributed by atoms with Crippen molar-refractivity contribution in [1.82, 2.24) is 4.98 Å². The van der Waals surface area contributed by atoms with Crippen LogP contribution in [0.5, 0.6) is 0 Å². The lowest BCUT2D eigenvalue weighted by molar-refractivity contribution is 0.752. The van der Waals surface area contributed by atoms with Gasteiger partial charge in [-0.25, -0.2) is 4.98 Å². The van der Waals surface area contributed by atoms with E-state index in [1.807, 2.05) is 6.07 Å². The molecule has 0 aromatic carbocycles. The van der Waals surface area contributed by atoms with E-state index in [2.05, 4.69) is 39.3 Å². The van der Waals surface area contributed by atoms with Crippen LogP contribution in [0.15, 0.2) is 21.3 Å². The Morgan fingerprint density at radius 2 is 2.33 bits per heavy atom. The smallest absolute Gasteiger partial charge is 0.133 e. The van der Waals surface area contributed by atoms with E-state index in [4.69, 9.17) is 5.73 Å². The zero-order valence-corrected chi connectivity index (χ0v) is 11.5. The summed E-state index contributed by atoms with van der Waals surface area (Å²) in [6.07, 6.45) is 0. The van der Waals surface area contributed by atoms with E-state index >= 15 is 0 Å². The first kappa shape index (κ1) is 11.3. The maximum atomic E-state index is 5.62. The SMILES string of the molecule is CC(CN)c1csc(-c2ccc(Br)s2)n1. The number of hydrogen-bond donors (Lipinski definition) is 1. The highest BCUT2D eigenvalue weighted by molar-refractivity contribution is 9.11. The van der Waals surface area contributed by atoms with Crippen molar-refractivity contribution < 1.29 is 0 Å². The van der Waals surface area contributed by atoms with Crippen molar-refractivity contribution in [3.8, 4) is 9.88 Å². The molecule has 0 amide bonds. The summed E-state index contributed by atoms with van der Waals surface area (Å²) < 4.78 is 1.14. The van der Waals surface area contributed by atoms with Crippen LogP contribution in [0, 0.1) is 0 Å². The van der Waals surface area contributed by atoms with Gasteiger partial charge in [-0.05, 0) is 28.1 Å². The highest BCUT2D eigenvalue weighted by Crippen LogP contribution is 2.34. The summed E-state index contributed by atoms with van der Waals surface area (Å²) in [5.41, 5.74) is 6.71. The average Bonchev–Trinajstić information content (AvgIpc) is 2.84. The molecule has 0 saturated heterocycles. The summed E-state index contributed by atoms with van der Waals surface area (Å²) in [4.78, 5) is 5.80. The molecular formula is C10H11BrN2S2. The number of nitrogens with zero attached hydrogens (tertiary/aromatic N) is 1. The minimum absolute atomic E-state index is 0.346. The van der Waals surface area contributed by atoms with Crippen molar-refractivity contribution in [3.05, 3.63) is 27.0 Å². The van der Waals surface area contributed by atoms with Gasteiger partial charge in [-0.3, -0.25) is 0 Å². The van der Waals surface area contributed by atoms with Crippen LogP contribution in [0.4, 0.5) is 0 Å². The Balaban J connectivity index is 2.27. The summed E-state index contributed by atoms with van der Waals surface area (Å²) >= 11 is 6.84. The Labute approximate surface area is 105 Å². The number of halogens is 1. The molecule has 80 valence electrons. The first-order valence-electron chi connectivity index (χ1n) is 4.62. The first-order chi connectivity index (χ1) is 7.20. The Bertz CT molecular complexity index is 450. The lowest BCUT2D eigenvalue weighted by Gasteiger charge is -2.02. The third-order valence-corrected chi connectivity index (χ3v) is 4.82. The maximum Gasteiger partial charge on any atom is 0.133 e. The summed E-state index contributed by atoms with van der Waals surface area (Å²) in [5.74, 6) is 0.346. The fourth-order valence-corrected chi connectivity index (χ4v) is 3.58. The first-order valence-corrected chi connectivity index (χ1v) is 7.11. The molecule has 2 nitrogen and oxygen atoms in total. The van der Waals surface area contributed by atoms with Gasteiger partial charge in [-0.15, -0.1) is 22.7 Å². The minimum Gasteiger partial charge on any atom is -0.330 e. The largest absolute Gasteiger partial charge is 0.330 e. The molecule has 0 aliphatic rings. The zero-order chi connectivity index (χ0) is 10.8. The van der Waals surface area contributed by atoms with Crippen LogP contribution >= 0.6 is 38.6 Å². The third-order valence-electron chi connectivity index (χ3n) is 2.16. The number of hydrogen-bond acceptors (Lipinski definition) is 4. The van der Waals surface area contributed by atoms with E-state index in [-0.39, 0.29) is 0 Å². The topological polar surface area (TPSA) is 38.9 Å². The van der Waals surface area contributed by atoms with Gasteiger partial charge in [0, 0.05) is 17.8 Å². The lowest BCUT2D eigenvalue weighted by Crippen LogP contribution is -2.08. The molecule has 15 heavy (non-hydrogen) atoms. The molecule has 0 radical (unpaired) electrons. The molecule has 2 rings (SSSR count). The van der Waals surface area contributed by atoms with E-state index in [0.717, 1.165) is 14.5 Å². The second-order valence-electron chi connectivity index (χ2n) is 3.32. The average molecular weight is 303 g/mol. The Kier molecular flexibility index (Phi) is 3.56. The van der Waals surface area contributed by atoms with Crippen molar-refractivity contribution in [2.24, 2.45) is 5.73 Å².